The highest BCUT2D eigenvalue weighted by molar-refractivity contribution is 6.09. The van der Waals surface area contributed by atoms with E-state index >= 15 is 0 Å². The highest BCUT2D eigenvalue weighted by atomic mass is 16.2. The van der Waals surface area contributed by atoms with E-state index in [1.165, 1.54) is 0 Å². The second kappa shape index (κ2) is 9.12. The summed E-state index contributed by atoms with van der Waals surface area (Å²) in [5.41, 5.74) is 0.333. The van der Waals surface area contributed by atoms with E-state index in [-0.39, 0.29) is 19.5 Å². The Morgan fingerprint density at radius 3 is 2.42 bits per heavy atom. The van der Waals surface area contributed by atoms with Gasteiger partial charge in [0.1, 0.15) is 5.54 Å². The van der Waals surface area contributed by atoms with Crippen molar-refractivity contribution in [3.05, 3.63) is 83.9 Å². The fourth-order valence-electron chi connectivity index (χ4n) is 3.97. The van der Waals surface area contributed by atoms with Gasteiger partial charge >= 0.3 is 12.1 Å². The molecule has 0 aromatic heterocycles. The van der Waals surface area contributed by atoms with Gasteiger partial charge in [-0.3, -0.25) is 19.8 Å². The van der Waals surface area contributed by atoms with Crippen molar-refractivity contribution in [1.82, 2.24) is 20.9 Å². The number of carbonyl (C=O) groups excluding carboxylic acids is 4. The molecule has 1 saturated heterocycles. The lowest BCUT2D eigenvalue weighted by Gasteiger charge is -2.24. The van der Waals surface area contributed by atoms with Crippen molar-refractivity contribution < 1.29 is 19.2 Å². The lowest BCUT2D eigenvalue weighted by atomic mass is 9.88. The van der Waals surface area contributed by atoms with Gasteiger partial charge in [0.05, 0.1) is 0 Å². The van der Waals surface area contributed by atoms with E-state index in [2.05, 4.69) is 16.0 Å². The summed E-state index contributed by atoms with van der Waals surface area (Å²) in [7, 11) is 0. The Bertz CT molecular complexity index is 1220. The minimum atomic E-state index is -1.25. The topological polar surface area (TPSA) is 108 Å². The summed E-state index contributed by atoms with van der Waals surface area (Å²) in [4.78, 5) is 51.0. The Morgan fingerprint density at radius 2 is 1.64 bits per heavy atom. The molecule has 1 fully saturated rings. The Kier molecular flexibility index (Phi) is 6.08. The number of imide groups is 2. The summed E-state index contributed by atoms with van der Waals surface area (Å²) in [5.74, 6) is -1.02. The van der Waals surface area contributed by atoms with Crippen LogP contribution >= 0.6 is 0 Å². The van der Waals surface area contributed by atoms with Crippen molar-refractivity contribution in [3.8, 4) is 0 Å². The number of rotatable bonds is 6. The third-order valence-corrected chi connectivity index (χ3v) is 5.71. The van der Waals surface area contributed by atoms with Crippen LogP contribution in [-0.2, 0) is 21.7 Å². The van der Waals surface area contributed by atoms with Crippen LogP contribution in [0.3, 0.4) is 0 Å². The number of hydrogen-bond donors (Lipinski definition) is 3. The third-order valence-electron chi connectivity index (χ3n) is 5.71. The van der Waals surface area contributed by atoms with E-state index in [1.807, 2.05) is 72.8 Å². The first kappa shape index (κ1) is 22.0. The van der Waals surface area contributed by atoms with Crippen LogP contribution in [0.2, 0.25) is 0 Å². The maximum Gasteiger partial charge on any atom is 0.325 e. The number of urea groups is 2. The zero-order valence-electron chi connectivity index (χ0n) is 18.1. The summed E-state index contributed by atoms with van der Waals surface area (Å²) in [6.07, 6.45) is -0.191. The minimum absolute atomic E-state index is 0.136. The molecule has 1 atom stereocenters. The summed E-state index contributed by atoms with van der Waals surface area (Å²) < 4.78 is 0. The van der Waals surface area contributed by atoms with E-state index < -0.39 is 29.4 Å². The van der Waals surface area contributed by atoms with Gasteiger partial charge in [-0.05, 0) is 28.8 Å². The van der Waals surface area contributed by atoms with Crippen molar-refractivity contribution in [1.29, 1.82) is 0 Å². The molecule has 168 valence electrons. The maximum atomic E-state index is 13.2. The van der Waals surface area contributed by atoms with Crippen LogP contribution < -0.4 is 16.0 Å². The van der Waals surface area contributed by atoms with Gasteiger partial charge in [0.15, 0.2) is 0 Å². The molecule has 33 heavy (non-hydrogen) atoms. The Hall–Kier alpha value is -4.20. The molecule has 3 N–H and O–H groups in total. The van der Waals surface area contributed by atoms with E-state index in [9.17, 15) is 19.2 Å². The maximum absolute atomic E-state index is 13.2. The molecule has 0 bridgehead atoms. The molecule has 1 aliphatic rings. The largest absolute Gasteiger partial charge is 0.334 e. The number of nitrogens with zero attached hydrogens (tertiary/aromatic N) is 1. The van der Waals surface area contributed by atoms with Crippen LogP contribution in [0, 0.1) is 0 Å². The second-order valence-electron chi connectivity index (χ2n) is 8.01. The highest BCUT2D eigenvalue weighted by Gasteiger charge is 2.49. The van der Waals surface area contributed by atoms with Gasteiger partial charge in [0.25, 0.3) is 5.91 Å². The number of hydrogen-bond acceptors (Lipinski definition) is 4. The molecular formula is C25H24N4O4. The molecule has 0 unspecified atom stereocenters. The van der Waals surface area contributed by atoms with Crippen molar-refractivity contribution in [3.63, 3.8) is 0 Å². The number of carbonyl (C=O) groups is 4. The lowest BCUT2D eigenvalue weighted by Crippen LogP contribution is -2.42. The molecule has 8 nitrogen and oxygen atoms in total. The number of fused-ring (bicyclic) bond motifs is 1. The predicted molar refractivity (Wildman–Crippen MR) is 123 cm³/mol. The molecule has 0 aliphatic carbocycles. The lowest BCUT2D eigenvalue weighted by molar-refractivity contribution is -0.131. The quantitative estimate of drug-likeness (QED) is 0.508. The number of amides is 6. The van der Waals surface area contributed by atoms with Gasteiger partial charge in [-0.2, -0.15) is 0 Å². The van der Waals surface area contributed by atoms with Gasteiger partial charge in [-0.1, -0.05) is 72.8 Å². The van der Waals surface area contributed by atoms with Crippen LogP contribution in [-0.4, -0.2) is 35.3 Å². The van der Waals surface area contributed by atoms with Gasteiger partial charge < -0.3 is 10.6 Å². The van der Waals surface area contributed by atoms with Gasteiger partial charge in [-0.15, -0.1) is 0 Å². The fourth-order valence-corrected chi connectivity index (χ4v) is 3.97. The number of nitrogens with one attached hydrogen (secondary N) is 3. The monoisotopic (exact) mass is 444 g/mol. The van der Waals surface area contributed by atoms with Crippen molar-refractivity contribution >= 4 is 34.6 Å². The molecule has 0 radical (unpaired) electrons. The van der Waals surface area contributed by atoms with Crippen LogP contribution in [0.1, 0.15) is 24.5 Å². The first-order valence-electron chi connectivity index (χ1n) is 10.6. The van der Waals surface area contributed by atoms with Gasteiger partial charge in [0, 0.05) is 19.5 Å². The van der Waals surface area contributed by atoms with Crippen LogP contribution in [0.15, 0.2) is 72.8 Å². The molecule has 0 spiro atoms. The van der Waals surface area contributed by atoms with Crippen LogP contribution in [0.4, 0.5) is 9.59 Å². The summed E-state index contributed by atoms with van der Waals surface area (Å²) in [5, 5.41) is 9.41. The third kappa shape index (κ3) is 4.55. The Labute approximate surface area is 191 Å². The average Bonchev–Trinajstić information content (AvgIpc) is 3.05. The molecule has 8 heteroatoms. The van der Waals surface area contributed by atoms with E-state index in [0.717, 1.165) is 21.2 Å². The zero-order chi connectivity index (χ0) is 23.4. The molecule has 3 aromatic rings. The molecule has 6 amide bonds. The summed E-state index contributed by atoms with van der Waals surface area (Å²) >= 11 is 0. The molecule has 0 saturated carbocycles. The molecule has 4 rings (SSSR count). The zero-order valence-corrected chi connectivity index (χ0v) is 18.1. The molecule has 3 aromatic carbocycles. The first-order valence-corrected chi connectivity index (χ1v) is 10.6. The molecule has 1 aliphatic heterocycles. The SMILES string of the molecule is C[C@]1(c2cccc3ccccc23)NC(=O)N(CCC(=O)NC(=O)NCc2ccccc2)C1=O. The van der Waals surface area contributed by atoms with E-state index in [0.29, 0.717) is 5.56 Å². The normalized spacial score (nSPS) is 17.7. The highest BCUT2D eigenvalue weighted by Crippen LogP contribution is 2.33. The molecule has 1 heterocycles. The van der Waals surface area contributed by atoms with Crippen LogP contribution in [0.25, 0.3) is 10.8 Å². The minimum Gasteiger partial charge on any atom is -0.334 e. The molecular weight excluding hydrogens is 420 g/mol. The van der Waals surface area contributed by atoms with Crippen molar-refractivity contribution in [2.75, 3.05) is 6.54 Å². The standard InChI is InChI=1S/C25H24N4O4/c1-25(20-13-7-11-18-10-5-6-12-19(18)20)22(31)29(24(33)28-25)15-14-21(30)27-23(32)26-16-17-8-3-2-4-9-17/h2-13H,14-16H2,1H3,(H,28,33)(H2,26,27,30,32)/t25-/m1/s1. The van der Waals surface area contributed by atoms with E-state index in [1.54, 1.807) is 6.92 Å². The fraction of sp³-hybridized carbons (Fsp3) is 0.200. The average molecular weight is 444 g/mol. The smallest absolute Gasteiger partial charge is 0.325 e. The summed E-state index contributed by atoms with van der Waals surface area (Å²) in [6.45, 7) is 1.80. The summed E-state index contributed by atoms with van der Waals surface area (Å²) in [6, 6.07) is 21.3. The Morgan fingerprint density at radius 1 is 0.939 bits per heavy atom. The Balaban J connectivity index is 1.37. The van der Waals surface area contributed by atoms with Crippen molar-refractivity contribution in [2.24, 2.45) is 0 Å². The van der Waals surface area contributed by atoms with Gasteiger partial charge in [0.2, 0.25) is 5.91 Å². The van der Waals surface area contributed by atoms with E-state index in [4.69, 9.17) is 0 Å². The first-order chi connectivity index (χ1) is 15.9. The number of benzene rings is 3. The van der Waals surface area contributed by atoms with Crippen molar-refractivity contribution in [2.45, 2.75) is 25.4 Å². The van der Waals surface area contributed by atoms with Crippen LogP contribution in [0.5, 0.6) is 0 Å². The predicted octanol–water partition coefficient (Wildman–Crippen LogP) is 3.02. The van der Waals surface area contributed by atoms with Gasteiger partial charge in [-0.25, -0.2) is 9.59 Å². The second-order valence-corrected chi connectivity index (χ2v) is 8.01.